The number of hydrogen-bond acceptors (Lipinski definition) is 5. The second kappa shape index (κ2) is 6.63. The second-order valence-corrected chi connectivity index (χ2v) is 7.73. The fraction of sp³-hybridized carbons (Fsp3) is 0.524. The Hall–Kier alpha value is -1.98. The lowest BCUT2D eigenvalue weighted by molar-refractivity contribution is 0.0582. The summed E-state index contributed by atoms with van der Waals surface area (Å²) < 4.78 is 0. The Morgan fingerprint density at radius 3 is 2.69 bits per heavy atom. The van der Waals surface area contributed by atoms with Crippen LogP contribution in [0.2, 0.25) is 0 Å². The van der Waals surface area contributed by atoms with E-state index in [0.29, 0.717) is 0 Å². The number of piperidine rings is 1. The predicted molar refractivity (Wildman–Crippen MR) is 103 cm³/mol. The van der Waals surface area contributed by atoms with Crippen molar-refractivity contribution in [1.82, 2.24) is 9.97 Å². The van der Waals surface area contributed by atoms with E-state index in [1.165, 1.54) is 5.56 Å². The van der Waals surface area contributed by atoms with E-state index in [9.17, 15) is 5.11 Å². The minimum atomic E-state index is -0.509. The van der Waals surface area contributed by atoms with Gasteiger partial charge in [0.1, 0.15) is 11.6 Å². The molecule has 1 aromatic carbocycles. The van der Waals surface area contributed by atoms with Crippen molar-refractivity contribution < 1.29 is 5.11 Å². The fourth-order valence-corrected chi connectivity index (χ4v) is 4.72. The molecule has 2 atom stereocenters. The van der Waals surface area contributed by atoms with E-state index in [1.807, 2.05) is 13.0 Å². The summed E-state index contributed by atoms with van der Waals surface area (Å²) in [4.78, 5) is 11.6. The first-order valence-electron chi connectivity index (χ1n) is 9.68. The Morgan fingerprint density at radius 2 is 1.96 bits per heavy atom. The molecule has 2 heterocycles. The van der Waals surface area contributed by atoms with E-state index in [0.717, 1.165) is 61.7 Å². The molecule has 0 saturated carbocycles. The molecule has 1 aliphatic heterocycles. The standard InChI is InChI=1S/C21H28N4O/c1-3-6-17-23-14(2)13-18(24-17)25-11-9-21(10-12-25)16-8-5-4-7-15(16)19(22)20(21)26/h4-5,7-8,13,19-20,26H,3,6,9-12,22H2,1-2H3/t19-,20+/m1/s1. The molecular formula is C21H28N4O. The Labute approximate surface area is 155 Å². The van der Waals surface area contributed by atoms with Gasteiger partial charge in [0, 0.05) is 36.7 Å². The predicted octanol–water partition coefficient (Wildman–Crippen LogP) is 2.65. The summed E-state index contributed by atoms with van der Waals surface area (Å²) in [6.07, 6.45) is 3.24. The van der Waals surface area contributed by atoms with Crippen LogP contribution in [-0.4, -0.2) is 34.3 Å². The average molecular weight is 352 g/mol. The van der Waals surface area contributed by atoms with Gasteiger partial charge in [0.25, 0.3) is 0 Å². The summed E-state index contributed by atoms with van der Waals surface area (Å²) in [6.45, 7) is 5.93. The zero-order valence-electron chi connectivity index (χ0n) is 15.7. The van der Waals surface area contributed by atoms with Crippen molar-refractivity contribution >= 4 is 5.82 Å². The smallest absolute Gasteiger partial charge is 0.132 e. The van der Waals surface area contributed by atoms with Crippen molar-refractivity contribution in [3.05, 3.63) is 53.0 Å². The van der Waals surface area contributed by atoms with Crippen LogP contribution in [0.15, 0.2) is 30.3 Å². The van der Waals surface area contributed by atoms with Gasteiger partial charge in [-0.1, -0.05) is 31.2 Å². The first-order valence-corrected chi connectivity index (χ1v) is 9.68. The molecule has 5 heteroatoms. The Bertz CT molecular complexity index is 798. The maximum absolute atomic E-state index is 10.9. The molecule has 4 rings (SSSR count). The van der Waals surface area contributed by atoms with Crippen LogP contribution in [-0.2, 0) is 11.8 Å². The summed E-state index contributed by atoms with van der Waals surface area (Å²) in [5.41, 5.74) is 9.48. The van der Waals surface area contributed by atoms with Gasteiger partial charge in [-0.3, -0.25) is 0 Å². The number of nitrogens with zero attached hydrogens (tertiary/aromatic N) is 3. The number of rotatable bonds is 3. The quantitative estimate of drug-likeness (QED) is 0.888. The molecule has 1 spiro atoms. The fourth-order valence-electron chi connectivity index (χ4n) is 4.72. The topological polar surface area (TPSA) is 75.3 Å². The first-order chi connectivity index (χ1) is 12.5. The minimum absolute atomic E-state index is 0.221. The highest BCUT2D eigenvalue weighted by atomic mass is 16.3. The molecule has 0 amide bonds. The highest BCUT2D eigenvalue weighted by Gasteiger charge is 2.51. The van der Waals surface area contributed by atoms with Crippen LogP contribution in [0, 0.1) is 6.92 Å². The van der Waals surface area contributed by atoms with Gasteiger partial charge in [-0.15, -0.1) is 0 Å². The number of aliphatic hydroxyl groups is 1. The normalized spacial score (nSPS) is 24.1. The van der Waals surface area contributed by atoms with Crippen LogP contribution in [0.1, 0.15) is 54.9 Å². The summed E-state index contributed by atoms with van der Waals surface area (Å²) in [7, 11) is 0. The van der Waals surface area contributed by atoms with Crippen LogP contribution in [0.3, 0.4) is 0 Å². The maximum atomic E-state index is 10.9. The van der Waals surface area contributed by atoms with Gasteiger partial charge in [-0.25, -0.2) is 9.97 Å². The molecule has 2 aromatic rings. The molecule has 138 valence electrons. The first kappa shape index (κ1) is 17.4. The molecule has 0 radical (unpaired) electrons. The summed E-state index contributed by atoms with van der Waals surface area (Å²) in [5.74, 6) is 1.94. The number of benzene rings is 1. The third kappa shape index (κ3) is 2.70. The summed E-state index contributed by atoms with van der Waals surface area (Å²) >= 11 is 0. The molecule has 2 aliphatic rings. The lowest BCUT2D eigenvalue weighted by Crippen LogP contribution is -2.49. The van der Waals surface area contributed by atoms with Crippen LogP contribution >= 0.6 is 0 Å². The van der Waals surface area contributed by atoms with Crippen molar-refractivity contribution in [2.45, 2.75) is 57.1 Å². The van der Waals surface area contributed by atoms with Crippen molar-refractivity contribution in [1.29, 1.82) is 0 Å². The van der Waals surface area contributed by atoms with Crippen LogP contribution in [0.5, 0.6) is 0 Å². The van der Waals surface area contributed by atoms with Crippen LogP contribution in [0.25, 0.3) is 0 Å². The number of aromatic nitrogens is 2. The van der Waals surface area contributed by atoms with E-state index < -0.39 is 6.10 Å². The number of nitrogens with two attached hydrogens (primary N) is 1. The van der Waals surface area contributed by atoms with E-state index in [1.54, 1.807) is 0 Å². The molecule has 26 heavy (non-hydrogen) atoms. The molecule has 1 fully saturated rings. The molecule has 5 nitrogen and oxygen atoms in total. The number of hydrogen-bond donors (Lipinski definition) is 2. The van der Waals surface area contributed by atoms with Crippen molar-refractivity contribution in [3.63, 3.8) is 0 Å². The number of aliphatic hydroxyl groups excluding tert-OH is 1. The lowest BCUT2D eigenvalue weighted by atomic mass is 9.72. The molecule has 0 bridgehead atoms. The van der Waals surface area contributed by atoms with Gasteiger partial charge in [0.2, 0.25) is 0 Å². The second-order valence-electron chi connectivity index (χ2n) is 7.73. The van der Waals surface area contributed by atoms with Gasteiger partial charge >= 0.3 is 0 Å². The summed E-state index contributed by atoms with van der Waals surface area (Å²) in [5, 5.41) is 10.9. The Balaban J connectivity index is 1.58. The largest absolute Gasteiger partial charge is 0.390 e. The third-order valence-corrected chi connectivity index (χ3v) is 6.10. The van der Waals surface area contributed by atoms with Crippen molar-refractivity contribution in [2.75, 3.05) is 18.0 Å². The van der Waals surface area contributed by atoms with E-state index in [4.69, 9.17) is 10.7 Å². The maximum Gasteiger partial charge on any atom is 0.132 e. The Morgan fingerprint density at radius 1 is 1.23 bits per heavy atom. The zero-order chi connectivity index (χ0) is 18.3. The zero-order valence-corrected chi connectivity index (χ0v) is 15.7. The van der Waals surface area contributed by atoms with Gasteiger partial charge in [-0.2, -0.15) is 0 Å². The summed E-state index contributed by atoms with van der Waals surface area (Å²) in [6, 6.07) is 10.1. The van der Waals surface area contributed by atoms with E-state index in [-0.39, 0.29) is 11.5 Å². The molecular weight excluding hydrogens is 324 g/mol. The lowest BCUT2D eigenvalue weighted by Gasteiger charge is -2.43. The van der Waals surface area contributed by atoms with E-state index in [2.05, 4.69) is 41.1 Å². The highest BCUT2D eigenvalue weighted by molar-refractivity contribution is 5.48. The van der Waals surface area contributed by atoms with Gasteiger partial charge in [0.05, 0.1) is 12.1 Å². The number of aryl methyl sites for hydroxylation is 2. The number of fused-ring (bicyclic) bond motifs is 2. The van der Waals surface area contributed by atoms with Crippen LogP contribution in [0.4, 0.5) is 5.82 Å². The van der Waals surface area contributed by atoms with Crippen molar-refractivity contribution in [2.24, 2.45) is 5.73 Å². The highest BCUT2D eigenvalue weighted by Crippen LogP contribution is 2.50. The monoisotopic (exact) mass is 352 g/mol. The van der Waals surface area contributed by atoms with Crippen molar-refractivity contribution in [3.8, 4) is 0 Å². The minimum Gasteiger partial charge on any atom is -0.390 e. The SMILES string of the molecule is CCCc1nc(C)cc(N2CCC3(CC2)c2ccccc2[C@@H](N)[C@@H]3O)n1. The van der Waals surface area contributed by atoms with Gasteiger partial charge in [0.15, 0.2) is 0 Å². The van der Waals surface area contributed by atoms with Gasteiger partial charge < -0.3 is 15.7 Å². The van der Waals surface area contributed by atoms with Gasteiger partial charge in [-0.05, 0) is 37.3 Å². The third-order valence-electron chi connectivity index (χ3n) is 6.10. The molecule has 0 unspecified atom stereocenters. The average Bonchev–Trinajstić information content (AvgIpc) is 2.85. The molecule has 1 saturated heterocycles. The molecule has 3 N–H and O–H groups in total. The molecule has 1 aromatic heterocycles. The Kier molecular flexibility index (Phi) is 4.45. The number of anilines is 1. The van der Waals surface area contributed by atoms with Crippen LogP contribution < -0.4 is 10.6 Å². The van der Waals surface area contributed by atoms with E-state index >= 15 is 0 Å². The molecule has 1 aliphatic carbocycles.